The molecule has 2 rings (SSSR count). The first-order valence-electron chi connectivity index (χ1n) is 6.86. The highest BCUT2D eigenvalue weighted by atomic mass is 32.2. The third-order valence-corrected chi connectivity index (χ3v) is 4.73. The van der Waals surface area contributed by atoms with E-state index in [1.165, 1.54) is 26.2 Å². The summed E-state index contributed by atoms with van der Waals surface area (Å²) in [5.41, 5.74) is 0.895. The number of urea groups is 1. The Morgan fingerprint density at radius 1 is 1.04 bits per heavy atom. The number of amides is 4. The van der Waals surface area contributed by atoms with Crippen molar-refractivity contribution in [2.75, 3.05) is 14.1 Å². The molecule has 0 unspecified atom stereocenters. The summed E-state index contributed by atoms with van der Waals surface area (Å²) in [5.74, 6) is -2.92. The molecule has 24 heavy (non-hydrogen) atoms. The summed E-state index contributed by atoms with van der Waals surface area (Å²) in [6.45, 7) is 1.82. The molecule has 4 amide bonds. The molecule has 1 fully saturated rings. The number of aryl methyl sites for hydroxylation is 1. The second-order valence-corrected chi connectivity index (χ2v) is 6.90. The van der Waals surface area contributed by atoms with E-state index >= 15 is 0 Å². The van der Waals surface area contributed by atoms with Gasteiger partial charge in [0.05, 0.1) is 4.90 Å². The zero-order valence-corrected chi connectivity index (χ0v) is 14.1. The molecule has 1 aliphatic heterocycles. The van der Waals surface area contributed by atoms with Crippen molar-refractivity contribution in [3.63, 3.8) is 0 Å². The average Bonchev–Trinajstić information content (AvgIpc) is 2.54. The molecule has 1 heterocycles. The fraction of sp³-hybridized carbons (Fsp3) is 0.286. The molecule has 0 bridgehead atoms. The zero-order chi connectivity index (χ0) is 18.1. The summed E-state index contributed by atoms with van der Waals surface area (Å²) in [7, 11) is -1.46. The number of benzene rings is 1. The third kappa shape index (κ3) is 3.27. The highest BCUT2D eigenvalue weighted by Crippen LogP contribution is 2.14. The van der Waals surface area contributed by atoms with Crippen LogP contribution in [0.3, 0.4) is 0 Å². The van der Waals surface area contributed by atoms with E-state index in [0.717, 1.165) is 21.6 Å². The minimum atomic E-state index is -3.92. The van der Waals surface area contributed by atoms with Crippen LogP contribution in [-0.2, 0) is 19.6 Å². The Morgan fingerprint density at radius 3 is 2.04 bits per heavy atom. The van der Waals surface area contributed by atoms with Gasteiger partial charge in [0, 0.05) is 20.3 Å². The van der Waals surface area contributed by atoms with E-state index in [0.29, 0.717) is 0 Å². The maximum atomic E-state index is 12.1. The number of hydrazone groups is 1. The molecule has 1 aliphatic rings. The van der Waals surface area contributed by atoms with Crippen LogP contribution in [0.5, 0.6) is 0 Å². The Labute approximate surface area is 139 Å². The van der Waals surface area contributed by atoms with E-state index in [-0.39, 0.29) is 4.90 Å². The molecule has 0 saturated carbocycles. The SMILES string of the molecule is Cc1ccc(S(=O)(=O)N/N=C/C2C(=O)N(C)C(=O)N(C)C2=O)cc1. The molecule has 0 radical (unpaired) electrons. The number of rotatable bonds is 4. The van der Waals surface area contributed by atoms with Crippen LogP contribution in [0.2, 0.25) is 0 Å². The van der Waals surface area contributed by atoms with Crippen molar-refractivity contribution in [3.05, 3.63) is 29.8 Å². The van der Waals surface area contributed by atoms with Gasteiger partial charge >= 0.3 is 6.03 Å². The van der Waals surface area contributed by atoms with Crippen LogP contribution < -0.4 is 4.83 Å². The van der Waals surface area contributed by atoms with Crippen molar-refractivity contribution in [1.82, 2.24) is 14.6 Å². The van der Waals surface area contributed by atoms with Gasteiger partial charge in [-0.25, -0.2) is 9.63 Å². The Hall–Kier alpha value is -2.75. The van der Waals surface area contributed by atoms with Gasteiger partial charge in [-0.1, -0.05) is 17.7 Å². The first kappa shape index (κ1) is 17.6. The Bertz CT molecular complexity index is 792. The maximum Gasteiger partial charge on any atom is 0.332 e. The third-order valence-electron chi connectivity index (χ3n) is 3.49. The van der Waals surface area contributed by atoms with Crippen molar-refractivity contribution in [2.45, 2.75) is 11.8 Å². The number of carbonyl (C=O) groups excluding carboxylic acids is 3. The maximum absolute atomic E-state index is 12.1. The lowest BCUT2D eigenvalue weighted by Crippen LogP contribution is -2.57. The second-order valence-electron chi connectivity index (χ2n) is 5.24. The van der Waals surface area contributed by atoms with Crippen LogP contribution in [0.15, 0.2) is 34.3 Å². The van der Waals surface area contributed by atoms with E-state index in [4.69, 9.17) is 0 Å². The van der Waals surface area contributed by atoms with Gasteiger partial charge < -0.3 is 0 Å². The van der Waals surface area contributed by atoms with Crippen molar-refractivity contribution >= 4 is 34.1 Å². The number of imide groups is 2. The molecule has 10 heteroatoms. The summed E-state index contributed by atoms with van der Waals surface area (Å²) < 4.78 is 24.1. The second kappa shape index (κ2) is 6.40. The van der Waals surface area contributed by atoms with Crippen molar-refractivity contribution < 1.29 is 22.8 Å². The van der Waals surface area contributed by atoms with Gasteiger partial charge in [-0.2, -0.15) is 13.5 Å². The van der Waals surface area contributed by atoms with Gasteiger partial charge in [0.2, 0.25) is 11.8 Å². The van der Waals surface area contributed by atoms with E-state index in [2.05, 4.69) is 5.10 Å². The quantitative estimate of drug-likeness (QED) is 0.462. The topological polar surface area (TPSA) is 116 Å². The smallest absolute Gasteiger partial charge is 0.273 e. The summed E-state index contributed by atoms with van der Waals surface area (Å²) in [6.07, 6.45) is 0.871. The fourth-order valence-electron chi connectivity index (χ4n) is 2.01. The predicted molar refractivity (Wildman–Crippen MR) is 84.4 cm³/mol. The average molecular weight is 352 g/mol. The monoisotopic (exact) mass is 352 g/mol. The van der Waals surface area contributed by atoms with E-state index in [1.807, 2.05) is 11.8 Å². The molecule has 1 N–H and O–H groups in total. The van der Waals surface area contributed by atoms with Crippen LogP contribution in [-0.4, -0.2) is 56.4 Å². The van der Waals surface area contributed by atoms with Crippen LogP contribution in [0, 0.1) is 12.8 Å². The molecule has 1 aromatic carbocycles. The van der Waals surface area contributed by atoms with Crippen LogP contribution in [0.1, 0.15) is 5.56 Å². The predicted octanol–water partition coefficient (Wildman–Crippen LogP) is -0.0743. The molecule has 0 spiro atoms. The molecular formula is C14H16N4O5S. The van der Waals surface area contributed by atoms with Crippen molar-refractivity contribution in [2.24, 2.45) is 11.0 Å². The van der Waals surface area contributed by atoms with E-state index in [9.17, 15) is 22.8 Å². The van der Waals surface area contributed by atoms with Gasteiger partial charge in [-0.05, 0) is 19.1 Å². The largest absolute Gasteiger partial charge is 0.332 e. The molecule has 0 atom stereocenters. The molecule has 0 aliphatic carbocycles. The standard InChI is InChI=1S/C14H16N4O5S/c1-9-4-6-10(7-5-9)24(22,23)16-15-8-11-12(19)17(2)14(21)18(3)13(11)20/h4-8,11,16H,1-3H3/b15-8+. The Balaban J connectivity index is 2.15. The number of carbonyl (C=O) groups is 3. The summed E-state index contributed by atoms with van der Waals surface area (Å²) in [4.78, 5) is 39.0. The summed E-state index contributed by atoms with van der Waals surface area (Å²) in [5, 5.41) is 3.49. The van der Waals surface area contributed by atoms with Gasteiger partial charge in [0.15, 0.2) is 5.92 Å². The lowest BCUT2D eigenvalue weighted by Gasteiger charge is -2.30. The molecule has 9 nitrogen and oxygen atoms in total. The highest BCUT2D eigenvalue weighted by molar-refractivity contribution is 7.89. The number of nitrogens with zero attached hydrogens (tertiary/aromatic N) is 3. The summed E-state index contributed by atoms with van der Waals surface area (Å²) >= 11 is 0. The van der Waals surface area contributed by atoms with Gasteiger partial charge in [0.1, 0.15) is 0 Å². The van der Waals surface area contributed by atoms with Gasteiger partial charge in [-0.3, -0.25) is 19.4 Å². The number of barbiturate groups is 1. The lowest BCUT2D eigenvalue weighted by molar-refractivity contribution is -0.144. The minimum Gasteiger partial charge on any atom is -0.273 e. The number of hydrogen-bond donors (Lipinski definition) is 1. The van der Waals surface area contributed by atoms with E-state index < -0.39 is 33.8 Å². The first-order valence-corrected chi connectivity index (χ1v) is 8.34. The van der Waals surface area contributed by atoms with Crippen LogP contribution in [0.4, 0.5) is 4.79 Å². The first-order chi connectivity index (χ1) is 11.1. The zero-order valence-electron chi connectivity index (χ0n) is 13.3. The number of nitrogens with one attached hydrogen (secondary N) is 1. The van der Waals surface area contributed by atoms with Gasteiger partial charge in [0.25, 0.3) is 10.0 Å². The Kier molecular flexibility index (Phi) is 4.69. The number of hydrogen-bond acceptors (Lipinski definition) is 6. The molecule has 1 saturated heterocycles. The number of sulfonamides is 1. The molecular weight excluding hydrogens is 336 g/mol. The minimum absolute atomic E-state index is 0.00374. The molecule has 0 aromatic heterocycles. The normalized spacial score (nSPS) is 17.0. The highest BCUT2D eigenvalue weighted by Gasteiger charge is 2.41. The van der Waals surface area contributed by atoms with Crippen molar-refractivity contribution in [3.8, 4) is 0 Å². The van der Waals surface area contributed by atoms with Crippen molar-refractivity contribution in [1.29, 1.82) is 0 Å². The Morgan fingerprint density at radius 2 is 1.54 bits per heavy atom. The van der Waals surface area contributed by atoms with E-state index in [1.54, 1.807) is 12.1 Å². The van der Waals surface area contributed by atoms with Gasteiger partial charge in [-0.15, -0.1) is 0 Å². The fourth-order valence-corrected chi connectivity index (χ4v) is 2.81. The van der Waals surface area contributed by atoms with Crippen LogP contribution >= 0.6 is 0 Å². The summed E-state index contributed by atoms with van der Waals surface area (Å²) in [6, 6.07) is 5.31. The van der Waals surface area contributed by atoms with Crippen LogP contribution in [0.25, 0.3) is 0 Å². The lowest BCUT2D eigenvalue weighted by atomic mass is 10.1. The molecule has 1 aromatic rings. The molecule has 128 valence electrons.